The van der Waals surface area contributed by atoms with Crippen LogP contribution in [0.4, 0.5) is 5.82 Å². The quantitative estimate of drug-likeness (QED) is 0.698. The van der Waals surface area contributed by atoms with Gasteiger partial charge in [0.05, 0.1) is 5.69 Å². The fourth-order valence-electron chi connectivity index (χ4n) is 1.95. The molecule has 6 heteroatoms. The fourth-order valence-corrected chi connectivity index (χ4v) is 1.95. The molecule has 0 fully saturated rings. The number of rotatable bonds is 8. The number of ether oxygens (including phenoxy) is 1. The molecule has 0 saturated carbocycles. The molecule has 0 bridgehead atoms. The zero-order valence-electron chi connectivity index (χ0n) is 11.7. The predicted molar refractivity (Wildman–Crippen MR) is 72.7 cm³/mol. The number of carboxylic acids is 1. The average Bonchev–Trinajstić information content (AvgIpc) is 2.42. The Labute approximate surface area is 113 Å². The monoisotopic (exact) mass is 267 g/mol. The first-order chi connectivity index (χ1) is 9.15. The number of aryl methyl sites for hydroxylation is 1. The Bertz CT molecular complexity index is 435. The van der Waals surface area contributed by atoms with Crippen LogP contribution in [-0.2, 0) is 17.6 Å². The maximum Gasteiger partial charge on any atom is 0.339 e. The molecule has 0 amide bonds. The molecule has 0 spiro atoms. The van der Waals surface area contributed by atoms with Gasteiger partial charge in [0.25, 0.3) is 0 Å². The molecule has 6 nitrogen and oxygen atoms in total. The lowest BCUT2D eigenvalue weighted by atomic mass is 10.0. The summed E-state index contributed by atoms with van der Waals surface area (Å²) in [5, 5.41) is 20.5. The predicted octanol–water partition coefficient (Wildman–Crippen LogP) is 1.75. The van der Waals surface area contributed by atoms with Gasteiger partial charge in [-0.05, 0) is 24.8 Å². The molecule has 0 aliphatic rings. The molecule has 0 atom stereocenters. The molecule has 0 aliphatic carbocycles. The molecule has 1 aromatic heterocycles. The zero-order valence-corrected chi connectivity index (χ0v) is 11.7. The minimum absolute atomic E-state index is 0.242. The third-order valence-corrected chi connectivity index (χ3v) is 2.88. The van der Waals surface area contributed by atoms with Gasteiger partial charge >= 0.3 is 5.97 Å². The Kier molecular flexibility index (Phi) is 6.21. The minimum atomic E-state index is -0.962. The van der Waals surface area contributed by atoms with Crippen LogP contribution in [0, 0.1) is 0 Å². The molecular formula is C13H21N3O3. The van der Waals surface area contributed by atoms with E-state index in [-0.39, 0.29) is 5.56 Å². The molecule has 0 aliphatic heterocycles. The molecule has 0 unspecified atom stereocenters. The smallest absolute Gasteiger partial charge is 0.339 e. The summed E-state index contributed by atoms with van der Waals surface area (Å²) in [5.41, 5.74) is 1.76. The summed E-state index contributed by atoms with van der Waals surface area (Å²) in [7, 11) is 1.63. The van der Waals surface area contributed by atoms with Gasteiger partial charge in [0.2, 0.25) is 0 Å². The second-order valence-electron chi connectivity index (χ2n) is 4.13. The number of hydrogen-bond donors (Lipinski definition) is 2. The van der Waals surface area contributed by atoms with E-state index < -0.39 is 5.97 Å². The highest BCUT2D eigenvalue weighted by molar-refractivity contribution is 5.95. The van der Waals surface area contributed by atoms with Crippen LogP contribution in [0.25, 0.3) is 0 Å². The summed E-state index contributed by atoms with van der Waals surface area (Å²) in [5.74, 6) is -0.617. The molecule has 1 aromatic rings. The van der Waals surface area contributed by atoms with Crippen molar-refractivity contribution in [1.82, 2.24) is 10.2 Å². The molecule has 1 rings (SSSR count). The van der Waals surface area contributed by atoms with Crippen molar-refractivity contribution in [3.05, 3.63) is 16.8 Å². The van der Waals surface area contributed by atoms with Gasteiger partial charge in [-0.2, -0.15) is 5.10 Å². The highest BCUT2D eigenvalue weighted by Crippen LogP contribution is 2.20. The number of carboxylic acid groups (broad SMARTS) is 1. The number of hydrogen-bond acceptors (Lipinski definition) is 5. The first-order valence-corrected chi connectivity index (χ1v) is 6.50. The normalized spacial score (nSPS) is 10.5. The van der Waals surface area contributed by atoms with Crippen molar-refractivity contribution in [2.24, 2.45) is 0 Å². The molecule has 2 N–H and O–H groups in total. The Morgan fingerprint density at radius 2 is 2.05 bits per heavy atom. The maximum absolute atomic E-state index is 11.4. The lowest BCUT2D eigenvalue weighted by Crippen LogP contribution is -2.16. The van der Waals surface area contributed by atoms with E-state index in [4.69, 9.17) is 4.74 Å². The van der Waals surface area contributed by atoms with Crippen molar-refractivity contribution in [3.8, 4) is 0 Å². The molecule has 0 saturated heterocycles. The first kappa shape index (κ1) is 15.4. The number of nitrogens with zero attached hydrogens (tertiary/aromatic N) is 2. The van der Waals surface area contributed by atoms with Crippen molar-refractivity contribution in [2.45, 2.75) is 33.1 Å². The third kappa shape index (κ3) is 3.89. The van der Waals surface area contributed by atoms with E-state index >= 15 is 0 Å². The Balaban J connectivity index is 3.00. The average molecular weight is 267 g/mol. The lowest BCUT2D eigenvalue weighted by Gasteiger charge is -2.13. The van der Waals surface area contributed by atoms with Crippen molar-refractivity contribution in [3.63, 3.8) is 0 Å². The van der Waals surface area contributed by atoms with E-state index in [2.05, 4.69) is 15.5 Å². The van der Waals surface area contributed by atoms with E-state index in [0.29, 0.717) is 31.8 Å². The van der Waals surface area contributed by atoms with Gasteiger partial charge in [0.15, 0.2) is 5.82 Å². The lowest BCUT2D eigenvalue weighted by molar-refractivity contribution is 0.0696. The van der Waals surface area contributed by atoms with Gasteiger partial charge in [-0.15, -0.1) is 5.10 Å². The van der Waals surface area contributed by atoms with E-state index in [0.717, 1.165) is 17.7 Å². The second-order valence-corrected chi connectivity index (χ2v) is 4.13. The van der Waals surface area contributed by atoms with Crippen LogP contribution in [-0.4, -0.2) is 41.5 Å². The first-order valence-electron chi connectivity index (χ1n) is 6.50. The molecule has 106 valence electrons. The van der Waals surface area contributed by atoms with Gasteiger partial charge in [-0.1, -0.05) is 13.8 Å². The van der Waals surface area contributed by atoms with Gasteiger partial charge < -0.3 is 15.2 Å². The van der Waals surface area contributed by atoms with Gasteiger partial charge in [0, 0.05) is 20.3 Å². The van der Waals surface area contributed by atoms with Gasteiger partial charge in [-0.3, -0.25) is 0 Å². The number of aromatic carboxylic acids is 1. The van der Waals surface area contributed by atoms with Gasteiger partial charge in [-0.25, -0.2) is 4.79 Å². The van der Waals surface area contributed by atoms with Crippen molar-refractivity contribution >= 4 is 11.8 Å². The number of carbonyl (C=O) groups is 1. The number of nitrogens with one attached hydrogen (secondary N) is 1. The van der Waals surface area contributed by atoms with Crippen LogP contribution in [0.5, 0.6) is 0 Å². The molecule has 19 heavy (non-hydrogen) atoms. The van der Waals surface area contributed by atoms with Crippen LogP contribution in [0.1, 0.15) is 41.9 Å². The third-order valence-electron chi connectivity index (χ3n) is 2.88. The highest BCUT2D eigenvalue weighted by atomic mass is 16.5. The van der Waals surface area contributed by atoms with Crippen molar-refractivity contribution in [2.75, 3.05) is 25.6 Å². The Morgan fingerprint density at radius 3 is 2.58 bits per heavy atom. The largest absolute Gasteiger partial charge is 0.478 e. The number of methoxy groups -OCH3 is 1. The highest BCUT2D eigenvalue weighted by Gasteiger charge is 2.19. The Hall–Kier alpha value is -1.69. The van der Waals surface area contributed by atoms with Gasteiger partial charge in [0.1, 0.15) is 5.56 Å². The topological polar surface area (TPSA) is 84.3 Å². The summed E-state index contributed by atoms with van der Waals surface area (Å²) in [6.07, 6.45) is 2.10. The summed E-state index contributed by atoms with van der Waals surface area (Å²) >= 11 is 0. The zero-order chi connectivity index (χ0) is 14.3. The molecule has 1 heterocycles. The van der Waals surface area contributed by atoms with Crippen LogP contribution in [0.15, 0.2) is 0 Å². The SMILES string of the molecule is CCc1nnc(NCCCOC)c(C(=O)O)c1CC. The van der Waals surface area contributed by atoms with Crippen LogP contribution >= 0.6 is 0 Å². The molecular weight excluding hydrogens is 246 g/mol. The van der Waals surface area contributed by atoms with E-state index in [1.165, 1.54) is 0 Å². The van der Waals surface area contributed by atoms with Crippen LogP contribution in [0.2, 0.25) is 0 Å². The maximum atomic E-state index is 11.4. The molecule has 0 radical (unpaired) electrons. The van der Waals surface area contributed by atoms with E-state index in [1.54, 1.807) is 7.11 Å². The van der Waals surface area contributed by atoms with Crippen LogP contribution < -0.4 is 5.32 Å². The van der Waals surface area contributed by atoms with E-state index in [1.807, 2.05) is 13.8 Å². The molecule has 0 aromatic carbocycles. The van der Waals surface area contributed by atoms with Crippen molar-refractivity contribution in [1.29, 1.82) is 0 Å². The minimum Gasteiger partial charge on any atom is -0.478 e. The summed E-state index contributed by atoms with van der Waals surface area (Å²) in [6.45, 7) is 5.10. The summed E-state index contributed by atoms with van der Waals surface area (Å²) in [4.78, 5) is 11.4. The Morgan fingerprint density at radius 1 is 1.32 bits per heavy atom. The number of anilines is 1. The van der Waals surface area contributed by atoms with Crippen LogP contribution in [0.3, 0.4) is 0 Å². The second kappa shape index (κ2) is 7.68. The van der Waals surface area contributed by atoms with E-state index in [9.17, 15) is 9.90 Å². The number of aromatic nitrogens is 2. The summed E-state index contributed by atoms with van der Waals surface area (Å²) < 4.78 is 4.95. The summed E-state index contributed by atoms with van der Waals surface area (Å²) in [6, 6.07) is 0. The fraction of sp³-hybridized carbons (Fsp3) is 0.615. The van der Waals surface area contributed by atoms with Crippen molar-refractivity contribution < 1.29 is 14.6 Å². The standard InChI is InChI=1S/C13H21N3O3/c1-4-9-10(5-2)15-16-12(11(9)13(17)18)14-7-6-8-19-3/h4-8H2,1-3H3,(H,14,16)(H,17,18).